The molecule has 6 heteroatoms. The van der Waals surface area contributed by atoms with Crippen LogP contribution in [0.4, 0.5) is 0 Å². The molecule has 0 spiro atoms. The molecule has 2 amide bonds. The van der Waals surface area contributed by atoms with Crippen LogP contribution in [0.5, 0.6) is 0 Å². The Morgan fingerprint density at radius 3 is 2.84 bits per heavy atom. The van der Waals surface area contributed by atoms with E-state index < -0.39 is 0 Å². The van der Waals surface area contributed by atoms with Gasteiger partial charge in [-0.15, -0.1) is 0 Å². The summed E-state index contributed by atoms with van der Waals surface area (Å²) >= 11 is 0. The number of aromatic nitrogens is 2. The van der Waals surface area contributed by atoms with Gasteiger partial charge in [0, 0.05) is 50.2 Å². The minimum absolute atomic E-state index is 0.0263. The van der Waals surface area contributed by atoms with Crippen molar-refractivity contribution in [2.24, 2.45) is 5.92 Å². The van der Waals surface area contributed by atoms with Crippen LogP contribution in [0.1, 0.15) is 40.9 Å². The summed E-state index contributed by atoms with van der Waals surface area (Å²) in [4.78, 5) is 34.8. The lowest BCUT2D eigenvalue weighted by molar-refractivity contribution is -0.128. The molecule has 0 aliphatic carbocycles. The number of amides is 2. The predicted octanol–water partition coefficient (Wildman–Crippen LogP) is 2.12. The number of likely N-dealkylation sites (tertiary alicyclic amines) is 1. The molecular formula is C19H22N4O2. The molecule has 3 heterocycles. The van der Waals surface area contributed by atoms with E-state index in [9.17, 15) is 9.59 Å². The van der Waals surface area contributed by atoms with Crippen LogP contribution in [0.15, 0.2) is 43.0 Å². The third-order valence-electron chi connectivity index (χ3n) is 4.57. The first kappa shape index (κ1) is 17.1. The molecule has 1 N–H and O–H groups in total. The monoisotopic (exact) mass is 338 g/mol. The maximum Gasteiger partial charge on any atom is 0.252 e. The van der Waals surface area contributed by atoms with Gasteiger partial charge in [0.05, 0.1) is 11.6 Å². The summed E-state index contributed by atoms with van der Waals surface area (Å²) in [6.45, 7) is 4.96. The zero-order chi connectivity index (χ0) is 17.8. The van der Waals surface area contributed by atoms with Gasteiger partial charge in [-0.25, -0.2) is 0 Å². The fourth-order valence-electron chi connectivity index (χ4n) is 3.43. The van der Waals surface area contributed by atoms with E-state index in [1.165, 1.54) is 0 Å². The SMILES string of the molecule is CCN1C(=O)C[C@@H](CNC(=O)c2cncc(C)c2)[C@@H]1c1cccnc1. The van der Waals surface area contributed by atoms with Gasteiger partial charge in [0.25, 0.3) is 5.91 Å². The lowest BCUT2D eigenvalue weighted by Crippen LogP contribution is -2.34. The molecule has 1 saturated heterocycles. The molecule has 2 aromatic rings. The average Bonchev–Trinajstić information content (AvgIpc) is 2.95. The largest absolute Gasteiger partial charge is 0.352 e. The number of carbonyl (C=O) groups is 2. The Labute approximate surface area is 147 Å². The second kappa shape index (κ2) is 7.42. The van der Waals surface area contributed by atoms with Crippen LogP contribution >= 0.6 is 0 Å². The van der Waals surface area contributed by atoms with Crippen molar-refractivity contribution in [2.45, 2.75) is 26.3 Å². The van der Waals surface area contributed by atoms with Gasteiger partial charge in [-0.3, -0.25) is 19.6 Å². The van der Waals surface area contributed by atoms with Gasteiger partial charge in [-0.05, 0) is 37.1 Å². The van der Waals surface area contributed by atoms with E-state index in [-0.39, 0.29) is 23.8 Å². The summed E-state index contributed by atoms with van der Waals surface area (Å²) < 4.78 is 0. The molecule has 1 fully saturated rings. The topological polar surface area (TPSA) is 75.2 Å². The average molecular weight is 338 g/mol. The minimum atomic E-state index is -0.163. The van der Waals surface area contributed by atoms with Crippen LogP contribution in [0.25, 0.3) is 0 Å². The number of aryl methyl sites for hydroxylation is 1. The summed E-state index contributed by atoms with van der Waals surface area (Å²) in [6, 6.07) is 5.61. The third kappa shape index (κ3) is 3.68. The van der Waals surface area contributed by atoms with Gasteiger partial charge < -0.3 is 10.2 Å². The number of rotatable bonds is 5. The van der Waals surface area contributed by atoms with Crippen molar-refractivity contribution in [3.63, 3.8) is 0 Å². The van der Waals surface area contributed by atoms with Crippen LogP contribution in [0.3, 0.4) is 0 Å². The third-order valence-corrected chi connectivity index (χ3v) is 4.57. The number of nitrogens with zero attached hydrogens (tertiary/aromatic N) is 3. The van der Waals surface area contributed by atoms with Crippen LogP contribution in [-0.4, -0.2) is 39.8 Å². The minimum Gasteiger partial charge on any atom is -0.352 e. The Kier molecular flexibility index (Phi) is 5.07. The Hall–Kier alpha value is -2.76. The molecule has 130 valence electrons. The van der Waals surface area contributed by atoms with E-state index in [1.807, 2.05) is 30.9 Å². The molecule has 25 heavy (non-hydrogen) atoms. The zero-order valence-corrected chi connectivity index (χ0v) is 14.5. The molecule has 0 saturated carbocycles. The van der Waals surface area contributed by atoms with E-state index in [1.54, 1.807) is 30.9 Å². The quantitative estimate of drug-likeness (QED) is 0.906. The Morgan fingerprint density at radius 1 is 1.32 bits per heavy atom. The normalized spacial score (nSPS) is 19.9. The van der Waals surface area contributed by atoms with Gasteiger partial charge in [0.15, 0.2) is 0 Å². The highest BCUT2D eigenvalue weighted by Gasteiger charge is 2.39. The number of hydrogen-bond donors (Lipinski definition) is 1. The fraction of sp³-hybridized carbons (Fsp3) is 0.368. The van der Waals surface area contributed by atoms with E-state index in [0.717, 1.165) is 11.1 Å². The summed E-state index contributed by atoms with van der Waals surface area (Å²) in [6.07, 6.45) is 7.21. The molecule has 1 aliphatic heterocycles. The van der Waals surface area contributed by atoms with Crippen molar-refractivity contribution in [3.05, 3.63) is 59.7 Å². The molecule has 6 nitrogen and oxygen atoms in total. The summed E-state index contributed by atoms with van der Waals surface area (Å²) in [5.41, 5.74) is 2.48. The van der Waals surface area contributed by atoms with Gasteiger partial charge in [-0.1, -0.05) is 6.07 Å². The first-order valence-corrected chi connectivity index (χ1v) is 8.49. The van der Waals surface area contributed by atoms with Gasteiger partial charge in [0.1, 0.15) is 0 Å². The molecule has 1 aliphatic rings. The number of nitrogens with one attached hydrogen (secondary N) is 1. The number of carbonyl (C=O) groups excluding carboxylic acids is 2. The molecule has 0 radical (unpaired) electrons. The van der Waals surface area contributed by atoms with Crippen LogP contribution in [0, 0.1) is 12.8 Å². The number of pyridine rings is 2. The van der Waals surface area contributed by atoms with Crippen LogP contribution < -0.4 is 5.32 Å². The molecule has 0 bridgehead atoms. The van der Waals surface area contributed by atoms with Gasteiger partial charge >= 0.3 is 0 Å². The maximum absolute atomic E-state index is 12.4. The summed E-state index contributed by atoms with van der Waals surface area (Å²) in [7, 11) is 0. The van der Waals surface area contributed by atoms with Crippen molar-refractivity contribution in [1.29, 1.82) is 0 Å². The van der Waals surface area contributed by atoms with Crippen LogP contribution in [0.2, 0.25) is 0 Å². The van der Waals surface area contributed by atoms with Crippen molar-refractivity contribution >= 4 is 11.8 Å². The second-order valence-electron chi connectivity index (χ2n) is 6.34. The predicted molar refractivity (Wildman–Crippen MR) is 93.8 cm³/mol. The van der Waals surface area contributed by atoms with Crippen molar-refractivity contribution < 1.29 is 9.59 Å². The summed E-state index contributed by atoms with van der Waals surface area (Å²) in [5, 5.41) is 2.95. The first-order valence-electron chi connectivity index (χ1n) is 8.49. The lowest BCUT2D eigenvalue weighted by atomic mass is 9.94. The Balaban J connectivity index is 1.74. The second-order valence-corrected chi connectivity index (χ2v) is 6.34. The highest BCUT2D eigenvalue weighted by Crippen LogP contribution is 2.37. The van der Waals surface area contributed by atoms with Crippen molar-refractivity contribution in [3.8, 4) is 0 Å². The first-order chi connectivity index (χ1) is 12.1. The van der Waals surface area contributed by atoms with E-state index in [2.05, 4.69) is 15.3 Å². The van der Waals surface area contributed by atoms with E-state index in [0.29, 0.717) is 25.1 Å². The standard InChI is InChI=1S/C19H22N4O2/c1-3-23-17(24)8-15(18(23)14-5-4-6-20-10-14)12-22-19(25)16-7-13(2)9-21-11-16/h4-7,9-11,15,18H,3,8,12H2,1-2H3,(H,22,25)/t15-,18-/m0/s1. The Bertz CT molecular complexity index is 763. The molecule has 0 aromatic carbocycles. The molecule has 3 rings (SSSR count). The highest BCUT2D eigenvalue weighted by molar-refractivity contribution is 5.94. The molecule has 2 aromatic heterocycles. The van der Waals surface area contributed by atoms with Gasteiger partial charge in [-0.2, -0.15) is 0 Å². The number of hydrogen-bond acceptors (Lipinski definition) is 4. The zero-order valence-electron chi connectivity index (χ0n) is 14.5. The maximum atomic E-state index is 12.4. The van der Waals surface area contributed by atoms with E-state index in [4.69, 9.17) is 0 Å². The lowest BCUT2D eigenvalue weighted by Gasteiger charge is -2.27. The van der Waals surface area contributed by atoms with Crippen molar-refractivity contribution in [2.75, 3.05) is 13.1 Å². The summed E-state index contributed by atoms with van der Waals surface area (Å²) in [5.74, 6) is -0.0188. The molecular weight excluding hydrogens is 316 g/mol. The highest BCUT2D eigenvalue weighted by atomic mass is 16.2. The van der Waals surface area contributed by atoms with Crippen LogP contribution in [-0.2, 0) is 4.79 Å². The van der Waals surface area contributed by atoms with Crippen molar-refractivity contribution in [1.82, 2.24) is 20.2 Å². The molecule has 0 unspecified atom stereocenters. The van der Waals surface area contributed by atoms with E-state index >= 15 is 0 Å². The molecule has 2 atom stereocenters. The Morgan fingerprint density at radius 2 is 2.16 bits per heavy atom. The fourth-order valence-corrected chi connectivity index (χ4v) is 3.43. The smallest absolute Gasteiger partial charge is 0.252 e. The van der Waals surface area contributed by atoms with Gasteiger partial charge in [0.2, 0.25) is 5.91 Å².